The molecule has 2 aliphatic rings. The smallest absolute Gasteiger partial charge is 0.329 e. The van der Waals surface area contributed by atoms with Gasteiger partial charge in [-0.05, 0) is 46.6 Å². The summed E-state index contributed by atoms with van der Waals surface area (Å²) >= 11 is 6.39. The third kappa shape index (κ3) is 5.25. The van der Waals surface area contributed by atoms with Crippen LogP contribution in [0.25, 0.3) is 11.3 Å². The average molecular weight is 474 g/mol. The molecule has 0 bridgehead atoms. The van der Waals surface area contributed by atoms with Gasteiger partial charge < -0.3 is 19.7 Å². The van der Waals surface area contributed by atoms with Gasteiger partial charge in [0, 0.05) is 31.0 Å². The third-order valence-electron chi connectivity index (χ3n) is 5.57. The maximum Gasteiger partial charge on any atom is 0.329 e. The Morgan fingerprint density at radius 1 is 1.27 bits per heavy atom. The molecule has 0 saturated carbocycles. The molecule has 0 aromatic carbocycles. The first-order valence-corrected chi connectivity index (χ1v) is 11.4. The summed E-state index contributed by atoms with van der Waals surface area (Å²) in [6.45, 7) is 8.69. The molecule has 0 radical (unpaired) electrons. The SMILES string of the molecule is C[C@H](C(=O)OC(C)(C)C)N1Cc2ncc(-c3nc(NC4CCOCC4)ncc3Cl)cc2C1=O. The molecule has 1 fully saturated rings. The quantitative estimate of drug-likeness (QED) is 0.658. The van der Waals surface area contributed by atoms with Crippen molar-refractivity contribution in [2.24, 2.45) is 0 Å². The summed E-state index contributed by atoms with van der Waals surface area (Å²) in [7, 11) is 0. The van der Waals surface area contributed by atoms with E-state index in [1.165, 1.54) is 11.1 Å². The van der Waals surface area contributed by atoms with Gasteiger partial charge in [-0.3, -0.25) is 9.78 Å². The molecule has 9 nitrogen and oxygen atoms in total. The Bertz CT molecular complexity index is 1070. The summed E-state index contributed by atoms with van der Waals surface area (Å²) in [5.41, 5.74) is 1.49. The zero-order chi connectivity index (χ0) is 23.8. The number of nitrogens with one attached hydrogen (secondary N) is 1. The molecule has 0 aliphatic carbocycles. The van der Waals surface area contributed by atoms with Gasteiger partial charge in [-0.1, -0.05) is 11.6 Å². The molecule has 0 unspecified atom stereocenters. The van der Waals surface area contributed by atoms with Crippen molar-refractivity contribution >= 4 is 29.4 Å². The average Bonchev–Trinajstić information content (AvgIpc) is 3.10. The minimum Gasteiger partial charge on any atom is -0.458 e. The van der Waals surface area contributed by atoms with Crippen molar-refractivity contribution < 1.29 is 19.1 Å². The molecule has 1 atom stereocenters. The van der Waals surface area contributed by atoms with Gasteiger partial charge in [-0.25, -0.2) is 14.8 Å². The Balaban J connectivity index is 1.55. The van der Waals surface area contributed by atoms with Crippen LogP contribution in [0.4, 0.5) is 5.95 Å². The first-order valence-electron chi connectivity index (χ1n) is 11.0. The number of halogens is 1. The molecule has 2 aromatic rings. The van der Waals surface area contributed by atoms with Gasteiger partial charge in [0.05, 0.1) is 34.7 Å². The van der Waals surface area contributed by atoms with E-state index in [0.717, 1.165) is 12.8 Å². The van der Waals surface area contributed by atoms with Crippen molar-refractivity contribution in [3.05, 3.63) is 34.7 Å². The number of fused-ring (bicyclic) bond motifs is 1. The molecule has 176 valence electrons. The van der Waals surface area contributed by atoms with E-state index in [-0.39, 0.29) is 18.5 Å². The number of carbonyl (C=O) groups is 2. The van der Waals surface area contributed by atoms with Gasteiger partial charge in [0.15, 0.2) is 0 Å². The highest BCUT2D eigenvalue weighted by molar-refractivity contribution is 6.32. The van der Waals surface area contributed by atoms with Crippen LogP contribution in [0.3, 0.4) is 0 Å². The standard InChI is InChI=1S/C23H28ClN5O4/c1-13(21(31)33-23(2,3)4)29-12-18-16(20(29)30)9-14(10-25-18)19-17(24)11-26-22(28-19)27-15-5-7-32-8-6-15/h9-11,13,15H,5-8,12H2,1-4H3,(H,26,27,28)/t13-/m1/s1. The van der Waals surface area contributed by atoms with Gasteiger partial charge in [-0.15, -0.1) is 0 Å². The maximum atomic E-state index is 13.1. The second-order valence-corrected chi connectivity index (χ2v) is 9.69. The molecule has 4 heterocycles. The lowest BCUT2D eigenvalue weighted by Crippen LogP contribution is -2.42. The number of aromatic nitrogens is 3. The maximum absolute atomic E-state index is 13.1. The normalized spacial score (nSPS) is 17.6. The van der Waals surface area contributed by atoms with E-state index < -0.39 is 17.6 Å². The zero-order valence-corrected chi connectivity index (χ0v) is 20.0. The summed E-state index contributed by atoms with van der Waals surface area (Å²) in [4.78, 5) is 40.4. The van der Waals surface area contributed by atoms with Crippen LogP contribution in [0, 0.1) is 0 Å². The fourth-order valence-electron chi connectivity index (χ4n) is 3.81. The van der Waals surface area contributed by atoms with E-state index in [2.05, 4.69) is 20.3 Å². The van der Waals surface area contributed by atoms with Crippen molar-refractivity contribution in [2.75, 3.05) is 18.5 Å². The van der Waals surface area contributed by atoms with Gasteiger partial charge >= 0.3 is 5.97 Å². The molecule has 1 N–H and O–H groups in total. The largest absolute Gasteiger partial charge is 0.458 e. The summed E-state index contributed by atoms with van der Waals surface area (Å²) in [5, 5.41) is 3.68. The number of carbonyl (C=O) groups excluding carboxylic acids is 2. The predicted molar refractivity (Wildman–Crippen MR) is 123 cm³/mol. The minimum absolute atomic E-state index is 0.232. The zero-order valence-electron chi connectivity index (χ0n) is 19.2. The predicted octanol–water partition coefficient (Wildman–Crippen LogP) is 3.47. The van der Waals surface area contributed by atoms with E-state index in [1.54, 1.807) is 40.0 Å². The number of pyridine rings is 1. The van der Waals surface area contributed by atoms with Crippen molar-refractivity contribution in [1.29, 1.82) is 0 Å². The van der Waals surface area contributed by atoms with Crippen LogP contribution in [0.1, 0.15) is 56.6 Å². The van der Waals surface area contributed by atoms with Crippen molar-refractivity contribution in [2.45, 2.75) is 64.8 Å². The number of amides is 1. The highest BCUT2D eigenvalue weighted by Gasteiger charge is 2.37. The molecule has 10 heteroatoms. The van der Waals surface area contributed by atoms with E-state index in [9.17, 15) is 9.59 Å². The van der Waals surface area contributed by atoms with Crippen molar-refractivity contribution in [1.82, 2.24) is 19.9 Å². The molecular formula is C23H28ClN5O4. The molecule has 1 saturated heterocycles. The molecular weight excluding hydrogens is 446 g/mol. The number of hydrogen-bond acceptors (Lipinski definition) is 8. The van der Waals surface area contributed by atoms with Crippen LogP contribution in [0.2, 0.25) is 5.02 Å². The van der Waals surface area contributed by atoms with Gasteiger partial charge in [0.25, 0.3) is 5.91 Å². The molecule has 4 rings (SSSR count). The van der Waals surface area contributed by atoms with Crippen LogP contribution in [-0.4, -0.2) is 62.6 Å². The molecule has 1 amide bonds. The molecule has 0 spiro atoms. The van der Waals surface area contributed by atoms with Crippen LogP contribution in [0.5, 0.6) is 0 Å². The first kappa shape index (κ1) is 23.4. The van der Waals surface area contributed by atoms with Gasteiger partial charge in [0.2, 0.25) is 5.95 Å². The lowest BCUT2D eigenvalue weighted by atomic mass is 10.1. The second-order valence-electron chi connectivity index (χ2n) is 9.28. The number of esters is 1. The number of rotatable bonds is 5. The van der Waals surface area contributed by atoms with Crippen LogP contribution in [-0.2, 0) is 20.8 Å². The van der Waals surface area contributed by atoms with Crippen LogP contribution in [0.15, 0.2) is 18.5 Å². The minimum atomic E-state index is -0.729. The topological polar surface area (TPSA) is 107 Å². The Hall–Kier alpha value is -2.78. The third-order valence-corrected chi connectivity index (χ3v) is 5.85. The molecule has 2 aromatic heterocycles. The number of hydrogen-bond donors (Lipinski definition) is 1. The van der Waals surface area contributed by atoms with E-state index in [1.807, 2.05) is 0 Å². The molecule has 33 heavy (non-hydrogen) atoms. The highest BCUT2D eigenvalue weighted by atomic mass is 35.5. The fourth-order valence-corrected chi connectivity index (χ4v) is 4.01. The second kappa shape index (κ2) is 9.23. The van der Waals surface area contributed by atoms with Crippen LogP contribution < -0.4 is 5.32 Å². The molecule has 2 aliphatic heterocycles. The van der Waals surface area contributed by atoms with E-state index >= 15 is 0 Å². The van der Waals surface area contributed by atoms with Gasteiger partial charge in [0.1, 0.15) is 11.6 Å². The van der Waals surface area contributed by atoms with E-state index in [4.69, 9.17) is 21.1 Å². The van der Waals surface area contributed by atoms with Crippen LogP contribution >= 0.6 is 11.6 Å². The van der Waals surface area contributed by atoms with Crippen molar-refractivity contribution in [3.8, 4) is 11.3 Å². The Labute approximate surface area is 197 Å². The first-order chi connectivity index (χ1) is 15.6. The number of anilines is 1. The lowest BCUT2D eigenvalue weighted by Gasteiger charge is -2.27. The van der Waals surface area contributed by atoms with Crippen molar-refractivity contribution in [3.63, 3.8) is 0 Å². The Morgan fingerprint density at radius 3 is 2.70 bits per heavy atom. The lowest BCUT2D eigenvalue weighted by molar-refractivity contribution is -0.159. The van der Waals surface area contributed by atoms with Gasteiger partial charge in [-0.2, -0.15) is 0 Å². The summed E-state index contributed by atoms with van der Waals surface area (Å²) < 4.78 is 10.8. The fraction of sp³-hybridized carbons (Fsp3) is 0.522. The monoisotopic (exact) mass is 473 g/mol. The summed E-state index contributed by atoms with van der Waals surface area (Å²) in [5.74, 6) is -0.261. The Kier molecular flexibility index (Phi) is 6.54. The number of nitrogens with zero attached hydrogens (tertiary/aromatic N) is 4. The Morgan fingerprint density at radius 2 is 2.00 bits per heavy atom. The summed E-state index contributed by atoms with van der Waals surface area (Å²) in [6.07, 6.45) is 4.93. The van der Waals surface area contributed by atoms with E-state index in [0.29, 0.717) is 46.7 Å². The summed E-state index contributed by atoms with van der Waals surface area (Å²) in [6, 6.07) is 1.22. The number of ether oxygens (including phenoxy) is 2. The highest BCUT2D eigenvalue weighted by Crippen LogP contribution is 2.31.